The number of benzene rings is 2. The van der Waals surface area contributed by atoms with Crippen LogP contribution in [-0.4, -0.2) is 27.6 Å². The number of aromatic nitrogens is 2. The molecule has 0 saturated carbocycles. The number of carbonyl (C=O) groups is 1. The van der Waals surface area contributed by atoms with E-state index in [1.165, 1.54) is 11.6 Å². The van der Waals surface area contributed by atoms with E-state index in [9.17, 15) is 14.7 Å². The predicted octanol–water partition coefficient (Wildman–Crippen LogP) is 1.81. The van der Waals surface area contributed by atoms with Crippen LogP contribution in [0.5, 0.6) is 5.75 Å². The number of primary amides is 1. The number of hydrogen-bond acceptors (Lipinski definition) is 5. The second kappa shape index (κ2) is 7.33. The zero-order valence-corrected chi connectivity index (χ0v) is 15.0. The minimum absolute atomic E-state index is 0.212. The molecule has 138 valence electrons. The zero-order chi connectivity index (χ0) is 19.6. The maximum absolute atomic E-state index is 12.4. The molecule has 3 rings (SSSR count). The van der Waals surface area contributed by atoms with Gasteiger partial charge in [-0.05, 0) is 11.1 Å². The van der Waals surface area contributed by atoms with Gasteiger partial charge in [-0.15, -0.1) is 0 Å². The number of nitrogens with zero attached hydrogens (tertiary/aromatic N) is 3. The summed E-state index contributed by atoms with van der Waals surface area (Å²) in [5.74, 6) is -1.50. The second-order valence-electron chi connectivity index (χ2n) is 6.17. The van der Waals surface area contributed by atoms with Gasteiger partial charge < -0.3 is 15.7 Å². The van der Waals surface area contributed by atoms with Crippen LogP contribution in [0.3, 0.4) is 0 Å². The van der Waals surface area contributed by atoms with Crippen LogP contribution in [0.4, 0.5) is 5.95 Å². The molecule has 0 aliphatic carbocycles. The molecule has 0 radical (unpaired) electrons. The maximum Gasteiger partial charge on any atom is 0.297 e. The molecule has 7 nitrogen and oxygen atoms in total. The van der Waals surface area contributed by atoms with Crippen LogP contribution in [0.15, 0.2) is 65.5 Å². The largest absolute Gasteiger partial charge is 0.501 e. The quantitative estimate of drug-likeness (QED) is 0.719. The minimum atomic E-state index is -0.962. The van der Waals surface area contributed by atoms with Gasteiger partial charge in [0.15, 0.2) is 5.69 Å². The molecule has 0 aliphatic rings. The fraction of sp³-hybridized carbons (Fsp3) is 0.150. The average molecular weight is 364 g/mol. The van der Waals surface area contributed by atoms with Crippen molar-refractivity contribution in [3.63, 3.8) is 0 Å². The van der Waals surface area contributed by atoms with Crippen molar-refractivity contribution in [2.75, 3.05) is 11.9 Å². The smallest absolute Gasteiger partial charge is 0.297 e. The highest BCUT2D eigenvalue weighted by Gasteiger charge is 2.25. The summed E-state index contributed by atoms with van der Waals surface area (Å²) in [6.07, 6.45) is 0. The SMILES string of the molecule is CN(c1nc(C(N)=O)c(O)c(=O)n1C)C(c1ccccc1)c1ccccc1. The summed E-state index contributed by atoms with van der Waals surface area (Å²) in [4.78, 5) is 29.9. The number of carbonyl (C=O) groups excluding carboxylic acids is 1. The van der Waals surface area contributed by atoms with Crippen LogP contribution < -0.4 is 16.2 Å². The maximum atomic E-state index is 12.4. The number of hydrogen-bond donors (Lipinski definition) is 2. The highest BCUT2D eigenvalue weighted by atomic mass is 16.3. The minimum Gasteiger partial charge on any atom is -0.501 e. The van der Waals surface area contributed by atoms with E-state index in [-0.39, 0.29) is 12.0 Å². The molecule has 0 saturated heterocycles. The van der Waals surface area contributed by atoms with Crippen molar-refractivity contribution in [2.45, 2.75) is 6.04 Å². The number of rotatable bonds is 5. The lowest BCUT2D eigenvalue weighted by Crippen LogP contribution is -2.34. The van der Waals surface area contributed by atoms with E-state index >= 15 is 0 Å². The Balaban J connectivity index is 2.20. The van der Waals surface area contributed by atoms with Crippen molar-refractivity contribution >= 4 is 11.9 Å². The Morgan fingerprint density at radius 1 is 1.07 bits per heavy atom. The third-order valence-corrected chi connectivity index (χ3v) is 4.41. The highest BCUT2D eigenvalue weighted by Crippen LogP contribution is 2.30. The van der Waals surface area contributed by atoms with Crippen LogP contribution in [0.25, 0.3) is 0 Å². The number of anilines is 1. The van der Waals surface area contributed by atoms with E-state index in [0.717, 1.165) is 11.1 Å². The van der Waals surface area contributed by atoms with Crippen LogP contribution in [0.1, 0.15) is 27.7 Å². The summed E-state index contributed by atoms with van der Waals surface area (Å²) >= 11 is 0. The van der Waals surface area contributed by atoms with E-state index in [1.807, 2.05) is 60.7 Å². The molecular weight excluding hydrogens is 344 g/mol. The van der Waals surface area contributed by atoms with Crippen molar-refractivity contribution in [3.05, 3.63) is 87.8 Å². The van der Waals surface area contributed by atoms with Gasteiger partial charge in [0.1, 0.15) is 0 Å². The van der Waals surface area contributed by atoms with Gasteiger partial charge in [-0.1, -0.05) is 60.7 Å². The first-order valence-corrected chi connectivity index (χ1v) is 8.34. The molecule has 0 unspecified atom stereocenters. The molecule has 1 heterocycles. The lowest BCUT2D eigenvalue weighted by Gasteiger charge is -2.31. The van der Waals surface area contributed by atoms with E-state index in [2.05, 4.69) is 4.98 Å². The Labute approximate surface area is 156 Å². The third-order valence-electron chi connectivity index (χ3n) is 4.41. The van der Waals surface area contributed by atoms with Crippen molar-refractivity contribution in [3.8, 4) is 5.75 Å². The standard InChI is InChI=1S/C20H20N4O3/c1-23(20-22-15(18(21)26)17(25)19(27)24(20)2)16(13-9-5-3-6-10-13)14-11-7-4-8-12-14/h3-12,16,25H,1-2H3,(H2,21,26). The van der Waals surface area contributed by atoms with Gasteiger partial charge in [0, 0.05) is 14.1 Å². The Kier molecular flexibility index (Phi) is 4.94. The lowest BCUT2D eigenvalue weighted by atomic mass is 9.98. The molecule has 1 aromatic heterocycles. The van der Waals surface area contributed by atoms with Gasteiger partial charge in [-0.25, -0.2) is 4.98 Å². The lowest BCUT2D eigenvalue weighted by molar-refractivity contribution is 0.0992. The molecule has 27 heavy (non-hydrogen) atoms. The van der Waals surface area contributed by atoms with Crippen LogP contribution >= 0.6 is 0 Å². The first-order chi connectivity index (χ1) is 12.9. The van der Waals surface area contributed by atoms with Crippen molar-refractivity contribution < 1.29 is 9.90 Å². The van der Waals surface area contributed by atoms with Gasteiger partial charge in [-0.3, -0.25) is 14.2 Å². The number of nitrogens with two attached hydrogens (primary N) is 1. The fourth-order valence-corrected chi connectivity index (χ4v) is 3.09. The van der Waals surface area contributed by atoms with Gasteiger partial charge in [0.2, 0.25) is 11.7 Å². The summed E-state index contributed by atoms with van der Waals surface area (Å²) in [6.45, 7) is 0. The van der Waals surface area contributed by atoms with Gasteiger partial charge >= 0.3 is 0 Å². The molecule has 0 fully saturated rings. The van der Waals surface area contributed by atoms with E-state index in [0.29, 0.717) is 0 Å². The molecule has 7 heteroatoms. The topological polar surface area (TPSA) is 101 Å². The molecule has 0 spiro atoms. The van der Waals surface area contributed by atoms with E-state index in [1.54, 1.807) is 11.9 Å². The predicted molar refractivity (Wildman–Crippen MR) is 103 cm³/mol. The molecule has 0 aliphatic heterocycles. The Morgan fingerprint density at radius 3 is 2.00 bits per heavy atom. The van der Waals surface area contributed by atoms with Gasteiger partial charge in [0.05, 0.1) is 6.04 Å². The summed E-state index contributed by atoms with van der Waals surface area (Å²) in [6, 6.07) is 19.2. The van der Waals surface area contributed by atoms with E-state index in [4.69, 9.17) is 5.73 Å². The molecule has 0 atom stereocenters. The summed E-state index contributed by atoms with van der Waals surface area (Å²) in [7, 11) is 3.26. The van der Waals surface area contributed by atoms with Crippen LogP contribution in [0, 0.1) is 0 Å². The summed E-state index contributed by atoms with van der Waals surface area (Å²) in [5, 5.41) is 9.91. The number of aromatic hydroxyl groups is 1. The first-order valence-electron chi connectivity index (χ1n) is 8.34. The molecule has 1 amide bonds. The van der Waals surface area contributed by atoms with Crippen LogP contribution in [-0.2, 0) is 7.05 Å². The molecule has 2 aromatic carbocycles. The Bertz CT molecular complexity index is 977. The van der Waals surface area contributed by atoms with Gasteiger partial charge in [-0.2, -0.15) is 0 Å². The Hall–Kier alpha value is -3.61. The monoisotopic (exact) mass is 364 g/mol. The number of amides is 1. The normalized spacial score (nSPS) is 10.8. The van der Waals surface area contributed by atoms with Crippen LogP contribution in [0.2, 0.25) is 0 Å². The second-order valence-corrected chi connectivity index (χ2v) is 6.17. The molecule has 0 bridgehead atoms. The Morgan fingerprint density at radius 2 is 1.56 bits per heavy atom. The van der Waals surface area contributed by atoms with Crippen molar-refractivity contribution in [1.29, 1.82) is 0 Å². The molecule has 3 aromatic rings. The highest BCUT2D eigenvalue weighted by molar-refractivity contribution is 5.93. The summed E-state index contributed by atoms with van der Waals surface area (Å²) < 4.78 is 1.20. The zero-order valence-electron chi connectivity index (χ0n) is 15.0. The molecule has 3 N–H and O–H groups in total. The fourth-order valence-electron chi connectivity index (χ4n) is 3.09. The van der Waals surface area contributed by atoms with Crippen molar-refractivity contribution in [2.24, 2.45) is 12.8 Å². The van der Waals surface area contributed by atoms with Gasteiger partial charge in [0.25, 0.3) is 11.5 Å². The third kappa shape index (κ3) is 3.39. The van der Waals surface area contributed by atoms with E-state index < -0.39 is 22.9 Å². The summed E-state index contributed by atoms with van der Waals surface area (Å²) in [5.41, 5.74) is 6.05. The molecular formula is C20H20N4O3. The van der Waals surface area contributed by atoms with Crippen molar-refractivity contribution in [1.82, 2.24) is 9.55 Å². The average Bonchev–Trinajstić information content (AvgIpc) is 2.68. The first kappa shape index (κ1) is 18.2.